The molecule has 0 saturated carbocycles. The normalized spacial score (nSPS) is 10.5. The van der Waals surface area contributed by atoms with Gasteiger partial charge < -0.3 is 9.15 Å². The highest BCUT2D eigenvalue weighted by atomic mass is 16.5. The molecule has 0 unspecified atom stereocenters. The highest BCUT2D eigenvalue weighted by Crippen LogP contribution is 2.11. The SMILES string of the molecule is COC(=O)c1cc2ccc1c(=O)oc2=O. The van der Waals surface area contributed by atoms with Crippen LogP contribution in [0.2, 0.25) is 0 Å². The van der Waals surface area contributed by atoms with Gasteiger partial charge in [0.2, 0.25) is 0 Å². The number of rotatable bonds is 1. The Hall–Kier alpha value is -2.17. The van der Waals surface area contributed by atoms with Gasteiger partial charge in [0.1, 0.15) is 0 Å². The molecule has 0 fully saturated rings. The molecule has 0 aliphatic carbocycles. The van der Waals surface area contributed by atoms with Crippen molar-refractivity contribution in [2.45, 2.75) is 0 Å². The highest BCUT2D eigenvalue weighted by molar-refractivity contribution is 5.99. The summed E-state index contributed by atoms with van der Waals surface area (Å²) in [5.74, 6) is -0.668. The summed E-state index contributed by atoms with van der Waals surface area (Å²) in [6.45, 7) is 0. The number of benzene rings is 1. The summed E-state index contributed by atoms with van der Waals surface area (Å²) in [6.07, 6.45) is 0. The molecule has 3 rings (SSSR count). The lowest BCUT2D eigenvalue weighted by Gasteiger charge is -1.97. The van der Waals surface area contributed by atoms with Crippen LogP contribution in [0.15, 0.2) is 32.2 Å². The van der Waals surface area contributed by atoms with Gasteiger partial charge in [0.15, 0.2) is 0 Å². The van der Waals surface area contributed by atoms with Crippen LogP contribution in [0.25, 0.3) is 10.8 Å². The van der Waals surface area contributed by atoms with E-state index in [0.29, 0.717) is 0 Å². The minimum atomic E-state index is -0.833. The van der Waals surface area contributed by atoms with Crippen LogP contribution in [0.4, 0.5) is 0 Å². The molecule has 3 aromatic rings. The molecule has 0 aliphatic heterocycles. The van der Waals surface area contributed by atoms with E-state index in [9.17, 15) is 14.4 Å². The molecule has 0 amide bonds. The number of esters is 1. The summed E-state index contributed by atoms with van der Waals surface area (Å²) in [7, 11) is 1.20. The predicted molar refractivity (Wildman–Crippen MR) is 51.3 cm³/mol. The Labute approximate surface area is 83.2 Å². The van der Waals surface area contributed by atoms with Gasteiger partial charge in [-0.1, -0.05) is 0 Å². The number of hydrogen-bond acceptors (Lipinski definition) is 5. The van der Waals surface area contributed by atoms with E-state index in [-0.39, 0.29) is 16.3 Å². The lowest BCUT2D eigenvalue weighted by Crippen LogP contribution is -2.06. The second kappa shape index (κ2) is 3.20. The molecule has 0 saturated heterocycles. The average molecular weight is 206 g/mol. The van der Waals surface area contributed by atoms with E-state index >= 15 is 0 Å². The van der Waals surface area contributed by atoms with E-state index < -0.39 is 17.2 Å². The zero-order valence-corrected chi connectivity index (χ0v) is 7.77. The number of methoxy groups -OCH3 is 1. The first-order chi connectivity index (χ1) is 7.13. The van der Waals surface area contributed by atoms with E-state index in [1.807, 2.05) is 0 Å². The topological polar surface area (TPSA) is 73.6 Å². The van der Waals surface area contributed by atoms with Gasteiger partial charge in [0, 0.05) is 0 Å². The number of ether oxygens (including phenoxy) is 1. The van der Waals surface area contributed by atoms with E-state index in [4.69, 9.17) is 0 Å². The molecular weight excluding hydrogens is 200 g/mol. The molecule has 0 aliphatic rings. The van der Waals surface area contributed by atoms with Crippen molar-refractivity contribution >= 4 is 16.7 Å². The van der Waals surface area contributed by atoms with Crippen LogP contribution < -0.4 is 11.3 Å². The van der Waals surface area contributed by atoms with Gasteiger partial charge in [-0.2, -0.15) is 0 Å². The summed E-state index contributed by atoms with van der Waals surface area (Å²) in [4.78, 5) is 33.8. The number of hydrogen-bond donors (Lipinski definition) is 0. The Balaban J connectivity index is 2.96. The maximum atomic E-state index is 11.3. The lowest BCUT2D eigenvalue weighted by molar-refractivity contribution is 0.0603. The fourth-order valence-electron chi connectivity index (χ4n) is 1.33. The zero-order valence-electron chi connectivity index (χ0n) is 7.77. The minimum Gasteiger partial charge on any atom is -0.465 e. The van der Waals surface area contributed by atoms with Crippen LogP contribution in [-0.2, 0) is 4.74 Å². The first-order valence-electron chi connectivity index (χ1n) is 4.12. The molecule has 76 valence electrons. The van der Waals surface area contributed by atoms with E-state index in [0.717, 1.165) is 0 Å². The quantitative estimate of drug-likeness (QED) is 0.630. The van der Waals surface area contributed by atoms with Crippen molar-refractivity contribution in [3.8, 4) is 0 Å². The minimum absolute atomic E-state index is 0.0384. The summed E-state index contributed by atoms with van der Waals surface area (Å²) < 4.78 is 8.94. The Bertz CT molecular complexity index is 625. The third-order valence-corrected chi connectivity index (χ3v) is 2.07. The van der Waals surface area contributed by atoms with E-state index in [1.165, 1.54) is 25.3 Å². The third-order valence-electron chi connectivity index (χ3n) is 2.07. The van der Waals surface area contributed by atoms with Crippen molar-refractivity contribution in [3.05, 3.63) is 44.6 Å². The van der Waals surface area contributed by atoms with Crippen molar-refractivity contribution in [1.82, 2.24) is 0 Å². The zero-order chi connectivity index (χ0) is 11.0. The van der Waals surface area contributed by atoms with Crippen molar-refractivity contribution < 1.29 is 13.9 Å². The number of carbonyl (C=O) groups is 1. The first kappa shape index (κ1) is 9.39. The summed E-state index contributed by atoms with van der Waals surface area (Å²) in [5, 5.41) is 0.196. The monoisotopic (exact) mass is 206 g/mol. The van der Waals surface area contributed by atoms with Crippen molar-refractivity contribution in [1.29, 1.82) is 0 Å². The summed E-state index contributed by atoms with van der Waals surface area (Å²) >= 11 is 0. The lowest BCUT2D eigenvalue weighted by atomic mass is 10.1. The predicted octanol–water partition coefficient (Wildman–Crippen LogP) is 0.378. The Morgan fingerprint density at radius 1 is 1.27 bits per heavy atom. The molecule has 2 bridgehead atoms. The second-order valence-corrected chi connectivity index (χ2v) is 2.93. The van der Waals surface area contributed by atoms with Crippen LogP contribution in [0.5, 0.6) is 0 Å². The molecule has 1 aromatic carbocycles. The fraction of sp³-hybridized carbons (Fsp3) is 0.100. The van der Waals surface area contributed by atoms with Crippen molar-refractivity contribution in [2.24, 2.45) is 0 Å². The Morgan fingerprint density at radius 2 is 2.00 bits per heavy atom. The maximum Gasteiger partial charge on any atom is 0.346 e. The van der Waals surface area contributed by atoms with E-state index in [1.54, 1.807) is 0 Å². The molecule has 5 nitrogen and oxygen atoms in total. The van der Waals surface area contributed by atoms with Crippen LogP contribution in [0, 0.1) is 0 Å². The van der Waals surface area contributed by atoms with Gasteiger partial charge in [-0.15, -0.1) is 0 Å². The summed E-state index contributed by atoms with van der Waals surface area (Å²) in [5.41, 5.74) is -1.54. The number of fused-ring (bicyclic) bond motifs is 4. The van der Waals surface area contributed by atoms with Crippen LogP contribution in [0.1, 0.15) is 10.4 Å². The first-order valence-corrected chi connectivity index (χ1v) is 4.12. The van der Waals surface area contributed by atoms with Gasteiger partial charge in [-0.25, -0.2) is 14.4 Å². The molecular formula is C10H6O5. The molecule has 15 heavy (non-hydrogen) atoms. The van der Waals surface area contributed by atoms with Gasteiger partial charge >= 0.3 is 17.2 Å². The molecule has 0 spiro atoms. The van der Waals surface area contributed by atoms with Crippen LogP contribution >= 0.6 is 0 Å². The van der Waals surface area contributed by atoms with Gasteiger partial charge in [0.25, 0.3) is 0 Å². The molecule has 0 atom stereocenters. The standard InChI is InChI=1S/C10H6O5/c1-14-9(12)7-4-5-2-3-6(7)10(13)15-8(5)11/h2-4H,1H3. The molecule has 2 heterocycles. The van der Waals surface area contributed by atoms with Crippen molar-refractivity contribution in [2.75, 3.05) is 7.11 Å². The second-order valence-electron chi connectivity index (χ2n) is 2.93. The molecule has 0 radical (unpaired) electrons. The fourth-order valence-corrected chi connectivity index (χ4v) is 1.33. The molecule has 2 aromatic heterocycles. The van der Waals surface area contributed by atoms with Gasteiger partial charge in [-0.3, -0.25) is 0 Å². The van der Waals surface area contributed by atoms with Gasteiger partial charge in [-0.05, 0) is 18.2 Å². The summed E-state index contributed by atoms with van der Waals surface area (Å²) in [6, 6.07) is 4.08. The van der Waals surface area contributed by atoms with Crippen molar-refractivity contribution in [3.63, 3.8) is 0 Å². The van der Waals surface area contributed by atoms with Crippen LogP contribution in [0.3, 0.4) is 0 Å². The Kier molecular flexibility index (Phi) is 2.00. The Morgan fingerprint density at radius 3 is 2.67 bits per heavy atom. The van der Waals surface area contributed by atoms with Crippen LogP contribution in [-0.4, -0.2) is 13.1 Å². The van der Waals surface area contributed by atoms with Gasteiger partial charge in [0.05, 0.1) is 23.4 Å². The number of carbonyl (C=O) groups excluding carboxylic acids is 1. The van der Waals surface area contributed by atoms with E-state index in [2.05, 4.69) is 9.15 Å². The molecule has 5 heteroatoms. The maximum absolute atomic E-state index is 11.3. The largest absolute Gasteiger partial charge is 0.465 e. The molecule has 0 N–H and O–H groups in total. The average Bonchev–Trinajstić information content (AvgIpc) is 2.45. The highest BCUT2D eigenvalue weighted by Gasteiger charge is 2.14. The smallest absolute Gasteiger partial charge is 0.346 e. The third kappa shape index (κ3) is 1.38.